The second kappa shape index (κ2) is 7.31. The second-order valence-corrected chi connectivity index (χ2v) is 7.47. The number of thiocarbonyl (C=S) groups is 1. The van der Waals surface area contributed by atoms with E-state index in [1.807, 2.05) is 36.4 Å². The summed E-state index contributed by atoms with van der Waals surface area (Å²) < 4.78 is 2.28. The Morgan fingerprint density at radius 1 is 0.962 bits per heavy atom. The van der Waals surface area contributed by atoms with Gasteiger partial charge in [0.25, 0.3) is 0 Å². The largest absolute Gasteiger partial charge is 0.348 e. The zero-order chi connectivity index (χ0) is 18.1. The molecule has 0 aliphatic carbocycles. The van der Waals surface area contributed by atoms with E-state index in [1.165, 1.54) is 5.69 Å². The average molecular weight is 402 g/mol. The first kappa shape index (κ1) is 17.4. The summed E-state index contributed by atoms with van der Waals surface area (Å²) in [5.74, 6) is 0. The first-order valence-electron chi connectivity index (χ1n) is 8.35. The van der Waals surface area contributed by atoms with Crippen LogP contribution in [0.25, 0.3) is 0 Å². The molecular weight excluding hydrogens is 385 g/mol. The normalized spacial score (nSPS) is 16.2. The van der Waals surface area contributed by atoms with Crippen LogP contribution in [0.4, 0.5) is 5.69 Å². The maximum atomic E-state index is 6.09. The minimum absolute atomic E-state index is 0.0372. The van der Waals surface area contributed by atoms with Crippen molar-refractivity contribution >= 4 is 46.2 Å². The quantitative estimate of drug-likeness (QED) is 0.564. The molecule has 1 aliphatic heterocycles. The SMILES string of the molecule is S=C(Nc1cccc(Cl)c1)N1CCn2cccc2[C@@H]1c1ccc(Cl)cc1. The van der Waals surface area contributed by atoms with E-state index < -0.39 is 0 Å². The summed E-state index contributed by atoms with van der Waals surface area (Å²) in [5.41, 5.74) is 3.26. The molecule has 1 atom stereocenters. The second-order valence-electron chi connectivity index (χ2n) is 6.21. The highest BCUT2D eigenvalue weighted by Crippen LogP contribution is 2.33. The van der Waals surface area contributed by atoms with Crippen LogP contribution in [0.15, 0.2) is 66.9 Å². The van der Waals surface area contributed by atoms with E-state index in [2.05, 4.69) is 45.2 Å². The molecule has 0 bridgehead atoms. The Morgan fingerprint density at radius 3 is 2.54 bits per heavy atom. The van der Waals surface area contributed by atoms with Gasteiger partial charge < -0.3 is 14.8 Å². The lowest BCUT2D eigenvalue weighted by Gasteiger charge is -2.39. The monoisotopic (exact) mass is 401 g/mol. The number of anilines is 1. The van der Waals surface area contributed by atoms with Gasteiger partial charge in [0.2, 0.25) is 0 Å². The van der Waals surface area contributed by atoms with E-state index in [0.717, 1.165) is 29.4 Å². The van der Waals surface area contributed by atoms with Gasteiger partial charge in [-0.3, -0.25) is 0 Å². The molecule has 0 spiro atoms. The highest BCUT2D eigenvalue weighted by atomic mass is 35.5. The molecule has 0 saturated carbocycles. The number of hydrogen-bond donors (Lipinski definition) is 1. The molecule has 132 valence electrons. The zero-order valence-electron chi connectivity index (χ0n) is 13.9. The van der Waals surface area contributed by atoms with Crippen molar-refractivity contribution in [3.8, 4) is 0 Å². The number of fused-ring (bicyclic) bond motifs is 1. The van der Waals surface area contributed by atoms with E-state index in [0.29, 0.717) is 10.1 Å². The Labute approximate surface area is 168 Å². The van der Waals surface area contributed by atoms with E-state index in [1.54, 1.807) is 0 Å². The topological polar surface area (TPSA) is 20.2 Å². The van der Waals surface area contributed by atoms with Crippen LogP contribution in [0.2, 0.25) is 10.0 Å². The molecule has 2 aromatic carbocycles. The number of rotatable bonds is 2. The summed E-state index contributed by atoms with van der Waals surface area (Å²) in [6.07, 6.45) is 2.11. The average Bonchev–Trinajstić information content (AvgIpc) is 3.10. The first-order chi connectivity index (χ1) is 12.6. The molecule has 2 heterocycles. The van der Waals surface area contributed by atoms with E-state index in [4.69, 9.17) is 35.4 Å². The highest BCUT2D eigenvalue weighted by Gasteiger charge is 2.30. The Morgan fingerprint density at radius 2 is 1.77 bits per heavy atom. The van der Waals surface area contributed by atoms with Crippen molar-refractivity contribution in [3.63, 3.8) is 0 Å². The Hall–Kier alpha value is -2.01. The van der Waals surface area contributed by atoms with Crippen molar-refractivity contribution in [2.24, 2.45) is 0 Å². The van der Waals surface area contributed by atoms with Gasteiger partial charge in [0.1, 0.15) is 0 Å². The van der Waals surface area contributed by atoms with Crippen LogP contribution in [0.3, 0.4) is 0 Å². The van der Waals surface area contributed by atoms with Crippen molar-refractivity contribution in [2.75, 3.05) is 11.9 Å². The third-order valence-electron chi connectivity index (χ3n) is 4.56. The Kier molecular flexibility index (Phi) is 4.90. The van der Waals surface area contributed by atoms with Crippen molar-refractivity contribution in [1.29, 1.82) is 0 Å². The fourth-order valence-electron chi connectivity index (χ4n) is 3.36. The maximum absolute atomic E-state index is 6.09. The molecule has 0 saturated heterocycles. The van der Waals surface area contributed by atoms with Crippen LogP contribution >= 0.6 is 35.4 Å². The number of nitrogens with zero attached hydrogens (tertiary/aromatic N) is 2. The lowest BCUT2D eigenvalue weighted by atomic mass is 10.0. The van der Waals surface area contributed by atoms with Crippen LogP contribution < -0.4 is 5.32 Å². The fraction of sp³-hybridized carbons (Fsp3) is 0.150. The summed E-state index contributed by atoms with van der Waals surface area (Å²) >= 11 is 17.9. The fourth-order valence-corrected chi connectivity index (χ4v) is 3.99. The predicted molar refractivity (Wildman–Crippen MR) is 112 cm³/mol. The number of halogens is 2. The molecule has 1 aliphatic rings. The molecule has 0 unspecified atom stereocenters. The van der Waals surface area contributed by atoms with Gasteiger partial charge >= 0.3 is 0 Å². The number of nitrogens with one attached hydrogen (secondary N) is 1. The van der Waals surface area contributed by atoms with Crippen LogP contribution in [-0.2, 0) is 6.54 Å². The number of hydrogen-bond acceptors (Lipinski definition) is 1. The van der Waals surface area contributed by atoms with Crippen LogP contribution in [0.5, 0.6) is 0 Å². The van der Waals surface area contributed by atoms with Crippen molar-refractivity contribution in [2.45, 2.75) is 12.6 Å². The third-order valence-corrected chi connectivity index (χ3v) is 5.38. The highest BCUT2D eigenvalue weighted by molar-refractivity contribution is 7.80. The summed E-state index contributed by atoms with van der Waals surface area (Å²) in [4.78, 5) is 2.22. The van der Waals surface area contributed by atoms with Crippen LogP contribution in [0.1, 0.15) is 17.3 Å². The summed E-state index contributed by atoms with van der Waals surface area (Å²) in [5, 5.41) is 5.41. The zero-order valence-corrected chi connectivity index (χ0v) is 16.2. The molecule has 6 heteroatoms. The van der Waals surface area contributed by atoms with Crippen LogP contribution in [-0.4, -0.2) is 21.1 Å². The van der Waals surface area contributed by atoms with E-state index in [9.17, 15) is 0 Å². The molecule has 0 radical (unpaired) electrons. The van der Waals surface area contributed by atoms with Gasteiger partial charge in [0.05, 0.1) is 6.04 Å². The van der Waals surface area contributed by atoms with Gasteiger partial charge in [-0.05, 0) is 60.2 Å². The predicted octanol–water partition coefficient (Wildman–Crippen LogP) is 5.60. The number of benzene rings is 2. The maximum Gasteiger partial charge on any atom is 0.174 e. The lowest BCUT2D eigenvalue weighted by Crippen LogP contribution is -2.44. The molecule has 3 nitrogen and oxygen atoms in total. The minimum atomic E-state index is 0.0372. The first-order valence-corrected chi connectivity index (χ1v) is 9.52. The smallest absolute Gasteiger partial charge is 0.174 e. The Bertz CT molecular complexity index is 936. The molecule has 4 rings (SSSR count). The van der Waals surface area contributed by atoms with Gasteiger partial charge in [-0.2, -0.15) is 0 Å². The van der Waals surface area contributed by atoms with Crippen molar-refractivity contribution in [3.05, 3.63) is 88.2 Å². The molecule has 1 aromatic heterocycles. The van der Waals surface area contributed by atoms with Crippen LogP contribution in [0, 0.1) is 0 Å². The van der Waals surface area contributed by atoms with Gasteiger partial charge in [-0.1, -0.05) is 41.4 Å². The van der Waals surface area contributed by atoms with Crippen molar-refractivity contribution < 1.29 is 0 Å². The van der Waals surface area contributed by atoms with E-state index >= 15 is 0 Å². The van der Waals surface area contributed by atoms with Gasteiger partial charge in [0.15, 0.2) is 5.11 Å². The van der Waals surface area contributed by atoms with Gasteiger partial charge in [-0.15, -0.1) is 0 Å². The minimum Gasteiger partial charge on any atom is -0.348 e. The molecule has 26 heavy (non-hydrogen) atoms. The molecule has 3 aromatic rings. The third kappa shape index (κ3) is 3.45. The standard InChI is InChI=1S/C20H17Cl2N3S/c21-15-8-6-14(7-9-15)19-18-5-2-10-24(18)11-12-25(19)20(26)23-17-4-1-3-16(22)13-17/h1-10,13,19H,11-12H2,(H,23,26)/t19-/m0/s1. The summed E-state index contributed by atoms with van der Waals surface area (Å²) in [7, 11) is 0. The molecular formula is C20H17Cl2N3S. The van der Waals surface area contributed by atoms with Gasteiger partial charge in [-0.25, -0.2) is 0 Å². The molecule has 1 N–H and O–H groups in total. The lowest BCUT2D eigenvalue weighted by molar-refractivity contribution is 0.293. The molecule has 0 amide bonds. The van der Waals surface area contributed by atoms with E-state index in [-0.39, 0.29) is 6.04 Å². The molecule has 0 fully saturated rings. The Balaban J connectivity index is 1.67. The van der Waals surface area contributed by atoms with Crippen molar-refractivity contribution in [1.82, 2.24) is 9.47 Å². The summed E-state index contributed by atoms with van der Waals surface area (Å²) in [6, 6.07) is 19.8. The number of aromatic nitrogens is 1. The summed E-state index contributed by atoms with van der Waals surface area (Å²) in [6.45, 7) is 1.71. The van der Waals surface area contributed by atoms with Gasteiger partial charge in [0, 0.05) is 40.7 Å².